The van der Waals surface area contributed by atoms with Gasteiger partial charge in [0.25, 0.3) is 0 Å². The Morgan fingerprint density at radius 3 is 2.42 bits per heavy atom. The van der Waals surface area contributed by atoms with Gasteiger partial charge in [-0.3, -0.25) is 4.79 Å². The minimum Gasteiger partial charge on any atom is -0.506 e. The highest BCUT2D eigenvalue weighted by atomic mass is 16.5. The molecule has 0 amide bonds. The summed E-state index contributed by atoms with van der Waals surface area (Å²) in [6, 6.07) is 10.4. The quantitative estimate of drug-likeness (QED) is 0.437. The standard InChI is InChI=1S/C21H18O5/c1-12-10-16-18(11-13(12)2)26-21(24)19(20(16)23)17(22)9-6-14-4-7-15(25-3)8-5-14/h4-11,23H,1-3H3/b9-6+. The lowest BCUT2D eigenvalue weighted by Crippen LogP contribution is -2.13. The van der Waals surface area contributed by atoms with Crippen molar-refractivity contribution in [2.75, 3.05) is 7.11 Å². The molecule has 0 radical (unpaired) electrons. The summed E-state index contributed by atoms with van der Waals surface area (Å²) in [5.41, 5.74) is 1.64. The molecule has 26 heavy (non-hydrogen) atoms. The number of aryl methyl sites for hydroxylation is 2. The van der Waals surface area contributed by atoms with Crippen molar-refractivity contribution < 1.29 is 19.1 Å². The van der Waals surface area contributed by atoms with E-state index in [0.717, 1.165) is 16.7 Å². The van der Waals surface area contributed by atoms with E-state index in [1.54, 1.807) is 49.6 Å². The van der Waals surface area contributed by atoms with E-state index in [4.69, 9.17) is 9.15 Å². The van der Waals surface area contributed by atoms with Crippen LogP contribution in [-0.2, 0) is 0 Å². The largest absolute Gasteiger partial charge is 0.506 e. The van der Waals surface area contributed by atoms with Gasteiger partial charge in [-0.15, -0.1) is 0 Å². The fourth-order valence-corrected chi connectivity index (χ4v) is 2.63. The summed E-state index contributed by atoms with van der Waals surface area (Å²) in [6.45, 7) is 3.76. The molecule has 0 saturated carbocycles. The van der Waals surface area contributed by atoms with Gasteiger partial charge >= 0.3 is 5.63 Å². The molecule has 0 atom stereocenters. The van der Waals surface area contributed by atoms with E-state index in [1.165, 1.54) is 6.08 Å². The van der Waals surface area contributed by atoms with Crippen LogP contribution in [0.4, 0.5) is 0 Å². The third kappa shape index (κ3) is 3.24. The van der Waals surface area contributed by atoms with E-state index in [0.29, 0.717) is 11.1 Å². The monoisotopic (exact) mass is 350 g/mol. The van der Waals surface area contributed by atoms with Crippen molar-refractivity contribution in [3.8, 4) is 11.5 Å². The maximum absolute atomic E-state index is 12.4. The summed E-state index contributed by atoms with van der Waals surface area (Å²) in [4.78, 5) is 24.6. The SMILES string of the molecule is COc1ccc(/C=C/C(=O)c2c(O)c3cc(C)c(C)cc3oc2=O)cc1. The van der Waals surface area contributed by atoms with E-state index in [1.807, 2.05) is 13.8 Å². The van der Waals surface area contributed by atoms with Gasteiger partial charge in [0.1, 0.15) is 22.6 Å². The molecule has 1 N–H and O–H groups in total. The van der Waals surface area contributed by atoms with Crippen LogP contribution in [0, 0.1) is 13.8 Å². The van der Waals surface area contributed by atoms with Gasteiger partial charge in [0.05, 0.1) is 12.5 Å². The van der Waals surface area contributed by atoms with Crippen LogP contribution < -0.4 is 10.4 Å². The van der Waals surface area contributed by atoms with Crippen LogP contribution in [0.5, 0.6) is 11.5 Å². The van der Waals surface area contributed by atoms with E-state index in [-0.39, 0.29) is 16.9 Å². The van der Waals surface area contributed by atoms with Crippen molar-refractivity contribution in [2.45, 2.75) is 13.8 Å². The molecule has 5 nitrogen and oxygen atoms in total. The zero-order chi connectivity index (χ0) is 18.8. The number of benzene rings is 2. The Labute approximate surface area is 150 Å². The number of fused-ring (bicyclic) bond motifs is 1. The lowest BCUT2D eigenvalue weighted by molar-refractivity contribution is 0.104. The molecular weight excluding hydrogens is 332 g/mol. The van der Waals surface area contributed by atoms with E-state index >= 15 is 0 Å². The Hall–Kier alpha value is -3.34. The molecule has 132 valence electrons. The van der Waals surface area contributed by atoms with Crippen molar-refractivity contribution in [1.82, 2.24) is 0 Å². The van der Waals surface area contributed by atoms with Crippen LogP contribution in [0.1, 0.15) is 27.0 Å². The van der Waals surface area contributed by atoms with E-state index < -0.39 is 11.4 Å². The van der Waals surface area contributed by atoms with Gasteiger partial charge in [0, 0.05) is 0 Å². The molecule has 2 aromatic carbocycles. The third-order valence-electron chi connectivity index (χ3n) is 4.28. The summed E-state index contributed by atoms with van der Waals surface area (Å²) in [5, 5.41) is 10.8. The van der Waals surface area contributed by atoms with Crippen molar-refractivity contribution in [1.29, 1.82) is 0 Å². The number of rotatable bonds is 4. The first-order valence-electron chi connectivity index (χ1n) is 8.04. The van der Waals surface area contributed by atoms with Crippen LogP contribution in [0.15, 0.2) is 51.7 Å². The topological polar surface area (TPSA) is 76.7 Å². The van der Waals surface area contributed by atoms with Gasteiger partial charge in [0.15, 0.2) is 5.78 Å². The second kappa shape index (κ2) is 6.88. The van der Waals surface area contributed by atoms with Crippen molar-refractivity contribution in [2.24, 2.45) is 0 Å². The number of carbonyl (C=O) groups is 1. The third-order valence-corrected chi connectivity index (χ3v) is 4.28. The second-order valence-corrected chi connectivity index (χ2v) is 6.02. The Morgan fingerprint density at radius 1 is 1.12 bits per heavy atom. The molecule has 1 aromatic heterocycles. The minimum atomic E-state index is -0.859. The molecular formula is C21H18O5. The molecule has 0 aliphatic carbocycles. The number of hydrogen-bond acceptors (Lipinski definition) is 5. The van der Waals surface area contributed by atoms with Gasteiger partial charge in [-0.1, -0.05) is 18.2 Å². The highest BCUT2D eigenvalue weighted by molar-refractivity contribution is 6.10. The number of aromatic hydroxyl groups is 1. The average Bonchev–Trinajstić information content (AvgIpc) is 2.62. The van der Waals surface area contributed by atoms with Gasteiger partial charge < -0.3 is 14.3 Å². The fourth-order valence-electron chi connectivity index (χ4n) is 2.63. The molecule has 1 heterocycles. The zero-order valence-electron chi connectivity index (χ0n) is 14.7. The second-order valence-electron chi connectivity index (χ2n) is 6.02. The van der Waals surface area contributed by atoms with Crippen LogP contribution in [-0.4, -0.2) is 18.0 Å². The van der Waals surface area contributed by atoms with Gasteiger partial charge in [-0.05, 0) is 60.9 Å². The number of allylic oxidation sites excluding steroid dienone is 1. The average molecular weight is 350 g/mol. The first kappa shape index (κ1) is 17.5. The molecule has 0 fully saturated rings. The van der Waals surface area contributed by atoms with Crippen LogP contribution in [0.3, 0.4) is 0 Å². The fraction of sp³-hybridized carbons (Fsp3) is 0.143. The highest BCUT2D eigenvalue weighted by Crippen LogP contribution is 2.29. The van der Waals surface area contributed by atoms with Crippen LogP contribution >= 0.6 is 0 Å². The van der Waals surface area contributed by atoms with E-state index in [2.05, 4.69) is 0 Å². The summed E-state index contributed by atoms with van der Waals surface area (Å²) in [5.74, 6) is -0.275. The van der Waals surface area contributed by atoms with Gasteiger partial charge in [-0.2, -0.15) is 0 Å². The number of ether oxygens (including phenoxy) is 1. The molecule has 0 saturated heterocycles. The summed E-state index contributed by atoms with van der Waals surface area (Å²) >= 11 is 0. The molecule has 3 aromatic rings. The maximum Gasteiger partial charge on any atom is 0.351 e. The van der Waals surface area contributed by atoms with Crippen LogP contribution in [0.2, 0.25) is 0 Å². The maximum atomic E-state index is 12.4. The molecule has 0 unspecified atom stereocenters. The smallest absolute Gasteiger partial charge is 0.351 e. The first-order valence-corrected chi connectivity index (χ1v) is 8.04. The van der Waals surface area contributed by atoms with E-state index in [9.17, 15) is 14.7 Å². The van der Waals surface area contributed by atoms with Crippen molar-refractivity contribution in [3.05, 3.63) is 75.1 Å². The Bertz CT molecular complexity index is 1070. The molecule has 5 heteroatoms. The number of carbonyl (C=O) groups excluding carboxylic acids is 1. The Kier molecular flexibility index (Phi) is 4.63. The van der Waals surface area contributed by atoms with Crippen LogP contribution in [0.25, 0.3) is 17.0 Å². The molecule has 0 bridgehead atoms. The van der Waals surface area contributed by atoms with Gasteiger partial charge in [-0.25, -0.2) is 4.79 Å². The Morgan fingerprint density at radius 2 is 1.77 bits per heavy atom. The number of ketones is 1. The molecule has 0 aliphatic heterocycles. The van der Waals surface area contributed by atoms with Crippen molar-refractivity contribution in [3.63, 3.8) is 0 Å². The molecule has 3 rings (SSSR count). The summed E-state index contributed by atoms with van der Waals surface area (Å²) in [7, 11) is 1.57. The lowest BCUT2D eigenvalue weighted by Gasteiger charge is -2.07. The predicted molar refractivity (Wildman–Crippen MR) is 100.0 cm³/mol. The molecule has 0 aliphatic rings. The molecule has 0 spiro atoms. The Balaban J connectivity index is 2.00. The highest BCUT2D eigenvalue weighted by Gasteiger charge is 2.19. The first-order chi connectivity index (χ1) is 12.4. The van der Waals surface area contributed by atoms with Crippen molar-refractivity contribution >= 4 is 22.8 Å². The van der Waals surface area contributed by atoms with Gasteiger partial charge in [0.2, 0.25) is 0 Å². The zero-order valence-corrected chi connectivity index (χ0v) is 14.7. The number of hydrogen-bond donors (Lipinski definition) is 1. The minimum absolute atomic E-state index is 0.256. The summed E-state index contributed by atoms with van der Waals surface area (Å²) in [6.07, 6.45) is 2.80. The summed E-state index contributed by atoms with van der Waals surface area (Å²) < 4.78 is 10.3. The lowest BCUT2D eigenvalue weighted by atomic mass is 10.0. The normalized spacial score (nSPS) is 11.2. The predicted octanol–water partition coefficient (Wildman–Crippen LogP) is 4.02. The number of methoxy groups -OCH3 is 1.